The van der Waals surface area contributed by atoms with Crippen molar-refractivity contribution in [2.24, 2.45) is 4.99 Å². The van der Waals surface area contributed by atoms with Crippen LogP contribution in [0.4, 0.5) is 0 Å². The van der Waals surface area contributed by atoms with Crippen molar-refractivity contribution in [3.8, 4) is 0 Å². The van der Waals surface area contributed by atoms with E-state index >= 15 is 0 Å². The van der Waals surface area contributed by atoms with Crippen LogP contribution in [0, 0.1) is 6.92 Å². The topological polar surface area (TPSA) is 61.8 Å². The van der Waals surface area contributed by atoms with E-state index in [1.807, 2.05) is 37.3 Å². The Hall–Kier alpha value is -1.64. The third-order valence-corrected chi connectivity index (χ3v) is 6.14. The van der Waals surface area contributed by atoms with E-state index in [0.717, 1.165) is 17.9 Å². The summed E-state index contributed by atoms with van der Waals surface area (Å²) in [6.45, 7) is 3.23. The van der Waals surface area contributed by atoms with Crippen molar-refractivity contribution in [1.29, 1.82) is 0 Å². The highest BCUT2D eigenvalue weighted by atomic mass is 32.2. The number of hydrogen-bond donors (Lipinski definition) is 1. The lowest BCUT2D eigenvalue weighted by atomic mass is 10.1. The molecular formula is C18H19N3O2S3. The van der Waals surface area contributed by atoms with Crippen LogP contribution in [-0.2, 0) is 9.59 Å². The minimum atomic E-state index is -0.0864. The molecule has 1 N–H and O–H groups in total. The predicted octanol–water partition coefficient (Wildman–Crippen LogP) is 3.20. The van der Waals surface area contributed by atoms with E-state index in [2.05, 4.69) is 10.3 Å². The summed E-state index contributed by atoms with van der Waals surface area (Å²) < 4.78 is 0.546. The monoisotopic (exact) mass is 405 g/mol. The van der Waals surface area contributed by atoms with Crippen molar-refractivity contribution in [2.45, 2.75) is 19.8 Å². The number of carbonyl (C=O) groups excluding carboxylic acids is 2. The summed E-state index contributed by atoms with van der Waals surface area (Å²) in [6, 6.07) is 7.99. The van der Waals surface area contributed by atoms with Gasteiger partial charge in [-0.15, -0.1) is 0 Å². The summed E-state index contributed by atoms with van der Waals surface area (Å²) in [5.41, 5.74) is 2.15. The van der Waals surface area contributed by atoms with Gasteiger partial charge in [0.1, 0.15) is 4.32 Å². The summed E-state index contributed by atoms with van der Waals surface area (Å²) in [5.74, 6) is 0.759. The van der Waals surface area contributed by atoms with E-state index in [-0.39, 0.29) is 11.8 Å². The molecule has 26 heavy (non-hydrogen) atoms. The van der Waals surface area contributed by atoms with Crippen molar-refractivity contribution in [1.82, 2.24) is 10.2 Å². The number of nitrogens with zero attached hydrogens (tertiary/aromatic N) is 2. The van der Waals surface area contributed by atoms with Gasteiger partial charge in [0.15, 0.2) is 5.17 Å². The normalized spacial score (nSPS) is 18.6. The van der Waals surface area contributed by atoms with Crippen molar-refractivity contribution in [2.75, 3.05) is 18.8 Å². The summed E-state index contributed by atoms with van der Waals surface area (Å²) >= 11 is 8.20. The standard InChI is InChI=1S/C18H19N3O2S3/c1-12-4-6-13(7-5-12)11-14-16(23)21(18(24)26-14)9-2-3-15(22)20-17-19-8-10-25-17/h4-7,11H,2-3,8-10H2,1H3,(H,19,20,22)/b14-11-. The van der Waals surface area contributed by atoms with Crippen LogP contribution in [-0.4, -0.2) is 45.0 Å². The average Bonchev–Trinajstić information content (AvgIpc) is 3.20. The van der Waals surface area contributed by atoms with Crippen LogP contribution in [0.1, 0.15) is 24.0 Å². The Kier molecular flexibility index (Phi) is 6.50. The summed E-state index contributed by atoms with van der Waals surface area (Å²) in [6.07, 6.45) is 2.77. The van der Waals surface area contributed by atoms with Crippen LogP contribution in [0.25, 0.3) is 6.08 Å². The first-order valence-electron chi connectivity index (χ1n) is 8.32. The molecule has 1 aromatic carbocycles. The number of thioether (sulfide) groups is 2. The second-order valence-corrected chi connectivity index (χ2v) is 8.69. The van der Waals surface area contributed by atoms with Crippen molar-refractivity contribution < 1.29 is 9.59 Å². The molecule has 0 saturated carbocycles. The average molecular weight is 406 g/mol. The number of aliphatic imine (C=N–C) groups is 1. The molecule has 2 aliphatic rings. The Labute approximate surface area is 166 Å². The Bertz CT molecular complexity index is 787. The lowest BCUT2D eigenvalue weighted by Crippen LogP contribution is -2.31. The zero-order valence-corrected chi connectivity index (χ0v) is 16.8. The number of nitrogens with one attached hydrogen (secondary N) is 1. The third kappa shape index (κ3) is 4.96. The second kappa shape index (κ2) is 8.83. The van der Waals surface area contributed by atoms with Gasteiger partial charge in [0.05, 0.1) is 11.4 Å². The SMILES string of the molecule is Cc1ccc(/C=C2\SC(=S)N(CCCC(=O)NC3=NCCS3)C2=O)cc1. The molecule has 0 unspecified atom stereocenters. The van der Waals surface area contributed by atoms with Crippen molar-refractivity contribution in [3.05, 3.63) is 40.3 Å². The van der Waals surface area contributed by atoms with Gasteiger partial charge in [0, 0.05) is 18.7 Å². The Morgan fingerprint density at radius 2 is 2.15 bits per heavy atom. The molecule has 0 aliphatic carbocycles. The van der Waals surface area contributed by atoms with Gasteiger partial charge in [-0.05, 0) is 25.0 Å². The van der Waals surface area contributed by atoms with Gasteiger partial charge >= 0.3 is 0 Å². The molecular weight excluding hydrogens is 386 g/mol. The van der Waals surface area contributed by atoms with Gasteiger partial charge < -0.3 is 5.32 Å². The lowest BCUT2D eigenvalue weighted by Gasteiger charge is -2.14. The number of benzene rings is 1. The molecule has 0 radical (unpaired) electrons. The molecule has 2 aliphatic heterocycles. The molecule has 1 aromatic rings. The van der Waals surface area contributed by atoms with E-state index in [9.17, 15) is 9.59 Å². The van der Waals surface area contributed by atoms with E-state index < -0.39 is 0 Å². The highest BCUT2D eigenvalue weighted by Gasteiger charge is 2.31. The smallest absolute Gasteiger partial charge is 0.266 e. The molecule has 0 spiro atoms. The first-order valence-corrected chi connectivity index (χ1v) is 10.5. The molecule has 136 valence electrons. The van der Waals surface area contributed by atoms with Gasteiger partial charge in [-0.2, -0.15) is 0 Å². The number of amides is 2. The van der Waals surface area contributed by atoms with Gasteiger partial charge in [0.2, 0.25) is 5.91 Å². The van der Waals surface area contributed by atoms with E-state index in [0.29, 0.717) is 33.8 Å². The van der Waals surface area contributed by atoms with Crippen LogP contribution in [0.3, 0.4) is 0 Å². The molecule has 3 rings (SSSR count). The van der Waals surface area contributed by atoms with Gasteiger partial charge in [-0.1, -0.05) is 65.6 Å². The molecule has 1 fully saturated rings. The summed E-state index contributed by atoms with van der Waals surface area (Å²) in [7, 11) is 0. The fraction of sp³-hybridized carbons (Fsp3) is 0.333. The van der Waals surface area contributed by atoms with Crippen LogP contribution in [0.5, 0.6) is 0 Å². The number of amidine groups is 1. The number of carbonyl (C=O) groups is 2. The quantitative estimate of drug-likeness (QED) is 0.602. The van der Waals surface area contributed by atoms with Gasteiger partial charge in [-0.25, -0.2) is 0 Å². The second-order valence-electron chi connectivity index (χ2n) is 5.93. The molecule has 8 heteroatoms. The number of aryl methyl sites for hydroxylation is 1. The highest BCUT2D eigenvalue weighted by molar-refractivity contribution is 8.26. The van der Waals surface area contributed by atoms with Crippen LogP contribution in [0.2, 0.25) is 0 Å². The van der Waals surface area contributed by atoms with Crippen molar-refractivity contribution >= 4 is 63.1 Å². The Morgan fingerprint density at radius 1 is 1.38 bits per heavy atom. The maximum Gasteiger partial charge on any atom is 0.266 e. The van der Waals surface area contributed by atoms with E-state index in [1.165, 1.54) is 17.3 Å². The minimum Gasteiger partial charge on any atom is -0.305 e. The minimum absolute atomic E-state index is 0.0706. The number of hydrogen-bond acceptors (Lipinski definition) is 6. The zero-order chi connectivity index (χ0) is 18.5. The fourth-order valence-electron chi connectivity index (χ4n) is 2.50. The zero-order valence-electron chi connectivity index (χ0n) is 14.4. The maximum atomic E-state index is 12.6. The molecule has 0 atom stereocenters. The maximum absolute atomic E-state index is 12.6. The molecule has 1 saturated heterocycles. The summed E-state index contributed by atoms with van der Waals surface area (Å²) in [4.78, 5) is 30.9. The van der Waals surface area contributed by atoms with Crippen LogP contribution >= 0.6 is 35.7 Å². The first-order chi connectivity index (χ1) is 12.5. The van der Waals surface area contributed by atoms with E-state index in [4.69, 9.17) is 12.2 Å². The van der Waals surface area contributed by atoms with E-state index in [1.54, 1.807) is 16.7 Å². The number of rotatable bonds is 5. The predicted molar refractivity (Wildman–Crippen MR) is 113 cm³/mol. The first kappa shape index (κ1) is 19.1. The fourth-order valence-corrected chi connectivity index (χ4v) is 4.55. The Balaban J connectivity index is 1.52. The van der Waals surface area contributed by atoms with Crippen LogP contribution < -0.4 is 5.32 Å². The highest BCUT2D eigenvalue weighted by Crippen LogP contribution is 2.32. The summed E-state index contributed by atoms with van der Waals surface area (Å²) in [5, 5.41) is 3.49. The molecule has 5 nitrogen and oxygen atoms in total. The van der Waals surface area contributed by atoms with Gasteiger partial charge in [0.25, 0.3) is 5.91 Å². The third-order valence-electron chi connectivity index (χ3n) is 3.87. The van der Waals surface area contributed by atoms with Gasteiger partial charge in [-0.3, -0.25) is 19.5 Å². The number of thiocarbonyl (C=S) groups is 1. The Morgan fingerprint density at radius 3 is 2.85 bits per heavy atom. The molecule has 0 bridgehead atoms. The van der Waals surface area contributed by atoms with Crippen LogP contribution in [0.15, 0.2) is 34.2 Å². The molecule has 0 aromatic heterocycles. The molecule has 2 heterocycles. The lowest BCUT2D eigenvalue weighted by molar-refractivity contribution is -0.123. The molecule has 2 amide bonds. The van der Waals surface area contributed by atoms with Crippen molar-refractivity contribution in [3.63, 3.8) is 0 Å². The largest absolute Gasteiger partial charge is 0.305 e.